The van der Waals surface area contributed by atoms with Crippen LogP contribution in [0.2, 0.25) is 0 Å². The molecule has 0 radical (unpaired) electrons. The maximum Gasteiger partial charge on any atom is 0.191 e. The Bertz CT molecular complexity index is 394. The van der Waals surface area contributed by atoms with E-state index >= 15 is 0 Å². The van der Waals surface area contributed by atoms with E-state index in [2.05, 4.69) is 34.3 Å². The van der Waals surface area contributed by atoms with Gasteiger partial charge in [0.2, 0.25) is 0 Å². The van der Waals surface area contributed by atoms with Gasteiger partial charge in [-0.2, -0.15) is 0 Å². The first-order chi connectivity index (χ1) is 12.7. The van der Waals surface area contributed by atoms with Gasteiger partial charge in [0.05, 0.1) is 6.10 Å². The summed E-state index contributed by atoms with van der Waals surface area (Å²) in [5, 5.41) is 16.6. The molecule has 2 rings (SSSR count). The standard InChI is InChI=1S/C20H41N5O.HI/c1-3-5-12-24-14-7-18(8-15-24)23-20(21-4-2)22-11-6-13-25-16-9-19(26)10-17-25;/h18-19,26H,3-17H2,1-2H3,(H2,21,22,23);1H. The van der Waals surface area contributed by atoms with Crippen molar-refractivity contribution in [2.24, 2.45) is 4.99 Å². The Labute approximate surface area is 183 Å². The fourth-order valence-corrected chi connectivity index (χ4v) is 3.82. The van der Waals surface area contributed by atoms with Crippen molar-refractivity contribution >= 4 is 29.9 Å². The lowest BCUT2D eigenvalue weighted by atomic mass is 10.0. The molecule has 0 bridgehead atoms. The Morgan fingerprint density at radius 2 is 1.56 bits per heavy atom. The maximum absolute atomic E-state index is 9.58. The third kappa shape index (κ3) is 10.3. The number of piperidine rings is 2. The second-order valence-corrected chi connectivity index (χ2v) is 7.80. The first-order valence-electron chi connectivity index (χ1n) is 10.9. The Hall–Kier alpha value is -0.120. The molecule has 0 aromatic carbocycles. The zero-order valence-electron chi connectivity index (χ0n) is 17.5. The lowest BCUT2D eigenvalue weighted by molar-refractivity contribution is 0.0824. The Morgan fingerprint density at radius 3 is 2.15 bits per heavy atom. The van der Waals surface area contributed by atoms with Crippen molar-refractivity contribution in [3.05, 3.63) is 0 Å². The van der Waals surface area contributed by atoms with Gasteiger partial charge >= 0.3 is 0 Å². The van der Waals surface area contributed by atoms with Crippen LogP contribution in [-0.2, 0) is 0 Å². The van der Waals surface area contributed by atoms with Crippen LogP contribution in [0.3, 0.4) is 0 Å². The summed E-state index contributed by atoms with van der Waals surface area (Å²) in [4.78, 5) is 9.83. The minimum atomic E-state index is -0.0813. The number of unbranched alkanes of at least 4 members (excludes halogenated alkanes) is 1. The lowest BCUT2D eigenvalue weighted by Gasteiger charge is -2.33. The van der Waals surface area contributed by atoms with Crippen LogP contribution in [0.5, 0.6) is 0 Å². The van der Waals surface area contributed by atoms with Crippen molar-refractivity contribution < 1.29 is 5.11 Å². The summed E-state index contributed by atoms with van der Waals surface area (Å²) in [6.07, 6.45) is 7.87. The monoisotopic (exact) mass is 495 g/mol. The highest BCUT2D eigenvalue weighted by Gasteiger charge is 2.19. The van der Waals surface area contributed by atoms with E-state index in [1.807, 2.05) is 0 Å². The minimum Gasteiger partial charge on any atom is -0.393 e. The van der Waals surface area contributed by atoms with Gasteiger partial charge in [-0.25, -0.2) is 0 Å². The summed E-state index contributed by atoms with van der Waals surface area (Å²) < 4.78 is 0. The summed E-state index contributed by atoms with van der Waals surface area (Å²) in [5.74, 6) is 0.980. The SMILES string of the molecule is CCCCN1CCC(NC(=NCCCN2CCC(O)CC2)NCC)CC1.I. The number of likely N-dealkylation sites (tertiary alicyclic amines) is 2. The fourth-order valence-electron chi connectivity index (χ4n) is 3.82. The van der Waals surface area contributed by atoms with Crippen LogP contribution in [0.4, 0.5) is 0 Å². The van der Waals surface area contributed by atoms with Crippen LogP contribution in [0.1, 0.15) is 58.8 Å². The van der Waals surface area contributed by atoms with Crippen molar-refractivity contribution in [3.63, 3.8) is 0 Å². The Kier molecular flexibility index (Phi) is 13.7. The maximum atomic E-state index is 9.58. The number of hydrogen-bond donors (Lipinski definition) is 3. The van der Waals surface area contributed by atoms with E-state index in [4.69, 9.17) is 4.99 Å². The largest absolute Gasteiger partial charge is 0.393 e. The van der Waals surface area contributed by atoms with Gasteiger partial charge in [-0.05, 0) is 58.5 Å². The second-order valence-electron chi connectivity index (χ2n) is 7.80. The number of hydrogen-bond acceptors (Lipinski definition) is 4. The van der Waals surface area contributed by atoms with E-state index in [1.165, 1.54) is 45.3 Å². The number of aliphatic hydroxyl groups excluding tert-OH is 1. The quantitative estimate of drug-likeness (QED) is 0.198. The zero-order chi connectivity index (χ0) is 18.6. The van der Waals surface area contributed by atoms with Gasteiger partial charge in [0, 0.05) is 45.3 Å². The molecule has 0 aromatic rings. The van der Waals surface area contributed by atoms with Crippen LogP contribution in [-0.4, -0.2) is 85.4 Å². The van der Waals surface area contributed by atoms with E-state index in [9.17, 15) is 5.11 Å². The first kappa shape index (κ1) is 24.9. The van der Waals surface area contributed by atoms with E-state index < -0.39 is 0 Å². The molecular formula is C20H42IN5O. The van der Waals surface area contributed by atoms with Crippen LogP contribution in [0.15, 0.2) is 4.99 Å². The minimum absolute atomic E-state index is 0. The smallest absolute Gasteiger partial charge is 0.191 e. The number of guanidine groups is 1. The van der Waals surface area contributed by atoms with E-state index in [-0.39, 0.29) is 30.1 Å². The molecule has 0 amide bonds. The number of aliphatic imine (C=N–C) groups is 1. The Balaban J connectivity index is 0.00000364. The van der Waals surface area contributed by atoms with Crippen LogP contribution >= 0.6 is 24.0 Å². The number of nitrogens with one attached hydrogen (secondary N) is 2. The highest BCUT2D eigenvalue weighted by Crippen LogP contribution is 2.11. The Morgan fingerprint density at radius 1 is 0.963 bits per heavy atom. The molecule has 2 heterocycles. The highest BCUT2D eigenvalue weighted by molar-refractivity contribution is 14.0. The predicted molar refractivity (Wildman–Crippen MR) is 125 cm³/mol. The molecule has 0 saturated carbocycles. The molecule has 0 spiro atoms. The average molecular weight is 495 g/mol. The van der Waals surface area contributed by atoms with Gasteiger partial charge in [0.25, 0.3) is 0 Å². The summed E-state index contributed by atoms with van der Waals surface area (Å²) in [6, 6.07) is 0.550. The molecule has 3 N–H and O–H groups in total. The van der Waals surface area contributed by atoms with E-state index in [1.54, 1.807) is 0 Å². The topological polar surface area (TPSA) is 63.1 Å². The van der Waals surface area contributed by atoms with Crippen molar-refractivity contribution in [1.82, 2.24) is 20.4 Å². The van der Waals surface area contributed by atoms with Gasteiger partial charge in [-0.1, -0.05) is 13.3 Å². The molecule has 6 nitrogen and oxygen atoms in total. The number of halogens is 1. The summed E-state index contributed by atoms with van der Waals surface area (Å²) >= 11 is 0. The summed E-state index contributed by atoms with van der Waals surface area (Å²) in [7, 11) is 0. The zero-order valence-corrected chi connectivity index (χ0v) is 19.8. The van der Waals surface area contributed by atoms with Crippen molar-refractivity contribution in [2.45, 2.75) is 70.9 Å². The van der Waals surface area contributed by atoms with E-state index in [0.29, 0.717) is 6.04 Å². The number of nitrogens with zero attached hydrogens (tertiary/aromatic N) is 3. The summed E-state index contributed by atoms with van der Waals surface area (Å²) in [5.41, 5.74) is 0. The van der Waals surface area contributed by atoms with Gasteiger partial charge in [-0.15, -0.1) is 24.0 Å². The predicted octanol–water partition coefficient (Wildman–Crippen LogP) is 2.27. The number of aliphatic hydroxyl groups is 1. The molecule has 2 saturated heterocycles. The molecule has 0 atom stereocenters. The highest BCUT2D eigenvalue weighted by atomic mass is 127. The van der Waals surface area contributed by atoms with Crippen LogP contribution in [0.25, 0.3) is 0 Å². The normalized spacial score (nSPS) is 21.1. The van der Waals surface area contributed by atoms with Crippen molar-refractivity contribution in [2.75, 3.05) is 52.4 Å². The van der Waals surface area contributed by atoms with Crippen LogP contribution < -0.4 is 10.6 Å². The average Bonchev–Trinajstić information content (AvgIpc) is 2.66. The first-order valence-corrected chi connectivity index (χ1v) is 10.9. The molecule has 2 fully saturated rings. The van der Waals surface area contributed by atoms with E-state index in [0.717, 1.165) is 57.9 Å². The van der Waals surface area contributed by atoms with Gasteiger partial charge < -0.3 is 25.5 Å². The van der Waals surface area contributed by atoms with Crippen molar-refractivity contribution in [1.29, 1.82) is 0 Å². The number of rotatable bonds is 9. The molecule has 2 aliphatic rings. The lowest BCUT2D eigenvalue weighted by Crippen LogP contribution is -2.48. The third-order valence-corrected chi connectivity index (χ3v) is 5.56. The molecule has 0 aromatic heterocycles. The molecular weight excluding hydrogens is 453 g/mol. The molecule has 160 valence electrons. The molecule has 0 unspecified atom stereocenters. The van der Waals surface area contributed by atoms with Crippen molar-refractivity contribution in [3.8, 4) is 0 Å². The molecule has 0 aliphatic carbocycles. The fraction of sp³-hybridized carbons (Fsp3) is 0.950. The van der Waals surface area contributed by atoms with Crippen LogP contribution in [0, 0.1) is 0 Å². The van der Waals surface area contributed by atoms with Gasteiger partial charge in [-0.3, -0.25) is 4.99 Å². The second kappa shape index (κ2) is 14.8. The summed E-state index contributed by atoms with van der Waals surface area (Å²) in [6.45, 7) is 13.0. The molecule has 2 aliphatic heterocycles. The van der Waals surface area contributed by atoms with Gasteiger partial charge in [0.15, 0.2) is 5.96 Å². The third-order valence-electron chi connectivity index (χ3n) is 5.56. The molecule has 27 heavy (non-hydrogen) atoms. The molecule has 7 heteroatoms. The van der Waals surface area contributed by atoms with Gasteiger partial charge in [0.1, 0.15) is 0 Å².